The molecule has 0 aliphatic heterocycles. The monoisotopic (exact) mass is 297 g/mol. The fourth-order valence-corrected chi connectivity index (χ4v) is 3.43. The molecule has 1 aliphatic carbocycles. The molecule has 23 heavy (non-hydrogen) atoms. The average Bonchev–Trinajstić information content (AvgIpc) is 2.95. The zero-order chi connectivity index (χ0) is 15.8. The summed E-state index contributed by atoms with van der Waals surface area (Å²) >= 11 is 0. The molecule has 3 heteroatoms. The number of rotatable bonds is 2. The first-order valence-electron chi connectivity index (χ1n) is 7.57. The Morgan fingerprint density at radius 2 is 1.52 bits per heavy atom. The van der Waals surface area contributed by atoms with E-state index in [9.17, 15) is 5.26 Å². The molecule has 0 unspecified atom stereocenters. The molecule has 110 valence electrons. The van der Waals surface area contributed by atoms with Crippen molar-refractivity contribution in [1.29, 1.82) is 5.26 Å². The lowest BCUT2D eigenvalue weighted by Gasteiger charge is -2.28. The number of benzene rings is 2. The maximum absolute atomic E-state index is 9.38. The Hall–Kier alpha value is -3.12. The summed E-state index contributed by atoms with van der Waals surface area (Å²) in [6.07, 6.45) is 1.74. The zero-order valence-corrected chi connectivity index (χ0v) is 12.8. The van der Waals surface area contributed by atoms with E-state index in [4.69, 9.17) is 0 Å². The van der Waals surface area contributed by atoms with E-state index in [1.807, 2.05) is 13.1 Å². The molecule has 0 saturated heterocycles. The Morgan fingerprint density at radius 1 is 0.913 bits per heavy atom. The van der Waals surface area contributed by atoms with Crippen molar-refractivity contribution in [1.82, 2.24) is 4.98 Å². The molecule has 0 bridgehead atoms. The summed E-state index contributed by atoms with van der Waals surface area (Å²) in [5.41, 5.74) is 5.62. The molecule has 4 rings (SSSR count). The van der Waals surface area contributed by atoms with Crippen LogP contribution in [0.2, 0.25) is 0 Å². The second kappa shape index (κ2) is 5.26. The lowest BCUT2D eigenvalue weighted by Crippen LogP contribution is -2.25. The van der Waals surface area contributed by atoms with Crippen LogP contribution < -0.4 is 4.90 Å². The fraction of sp³-hybridized carbons (Fsp3) is 0.100. The summed E-state index contributed by atoms with van der Waals surface area (Å²) in [6.45, 7) is 0. The molecular formula is C20H15N3. The number of nitrogens with zero attached hydrogens (tertiary/aromatic N) is 3. The summed E-state index contributed by atoms with van der Waals surface area (Å²) in [7, 11) is 2.01. The fourth-order valence-electron chi connectivity index (χ4n) is 3.43. The minimum absolute atomic E-state index is 0.0735. The predicted molar refractivity (Wildman–Crippen MR) is 91.1 cm³/mol. The maximum atomic E-state index is 9.38. The van der Waals surface area contributed by atoms with Gasteiger partial charge in [-0.3, -0.25) is 0 Å². The van der Waals surface area contributed by atoms with Gasteiger partial charge in [-0.2, -0.15) is 5.26 Å². The number of fused-ring (bicyclic) bond motifs is 3. The molecule has 3 aromatic rings. The molecule has 3 nitrogen and oxygen atoms in total. The van der Waals surface area contributed by atoms with E-state index in [1.54, 1.807) is 12.3 Å². The van der Waals surface area contributed by atoms with Gasteiger partial charge in [0, 0.05) is 13.2 Å². The van der Waals surface area contributed by atoms with Crippen molar-refractivity contribution in [2.75, 3.05) is 11.9 Å². The van der Waals surface area contributed by atoms with Gasteiger partial charge in [0.2, 0.25) is 0 Å². The van der Waals surface area contributed by atoms with E-state index >= 15 is 0 Å². The Kier molecular flexibility index (Phi) is 3.09. The first kappa shape index (κ1) is 13.5. The Morgan fingerprint density at radius 3 is 2.13 bits per heavy atom. The van der Waals surface area contributed by atoms with Crippen LogP contribution in [0.25, 0.3) is 11.1 Å². The Bertz CT molecular complexity index is 878. The SMILES string of the molecule is CN(c1ncccc1C#N)C1c2ccccc2-c2ccccc21. The van der Waals surface area contributed by atoms with E-state index in [0.717, 1.165) is 0 Å². The standard InChI is InChI=1S/C20H15N3/c1-23(20-14(13-21)7-6-12-22-20)19-17-10-4-2-8-15(17)16-9-3-5-11-18(16)19/h2-12,19H,1H3. The van der Waals surface area contributed by atoms with Gasteiger partial charge in [0.05, 0.1) is 11.6 Å². The van der Waals surface area contributed by atoms with Crippen LogP contribution in [0.3, 0.4) is 0 Å². The van der Waals surface area contributed by atoms with Gasteiger partial charge in [-0.1, -0.05) is 48.5 Å². The minimum atomic E-state index is 0.0735. The van der Waals surface area contributed by atoms with Gasteiger partial charge in [-0.15, -0.1) is 0 Å². The van der Waals surface area contributed by atoms with Crippen molar-refractivity contribution < 1.29 is 0 Å². The molecule has 1 heterocycles. The van der Waals surface area contributed by atoms with E-state index in [1.165, 1.54) is 22.3 Å². The van der Waals surface area contributed by atoms with Crippen molar-refractivity contribution in [3.05, 3.63) is 83.6 Å². The molecular weight excluding hydrogens is 282 g/mol. The minimum Gasteiger partial charge on any atom is -0.347 e. The second-order valence-electron chi connectivity index (χ2n) is 5.67. The third-order valence-corrected chi connectivity index (χ3v) is 4.43. The summed E-state index contributed by atoms with van der Waals surface area (Å²) in [5, 5.41) is 9.38. The van der Waals surface area contributed by atoms with Crippen LogP contribution in [0.5, 0.6) is 0 Å². The molecule has 0 saturated carbocycles. The van der Waals surface area contributed by atoms with Crippen LogP contribution in [0.1, 0.15) is 22.7 Å². The van der Waals surface area contributed by atoms with Gasteiger partial charge >= 0.3 is 0 Å². The van der Waals surface area contributed by atoms with E-state index < -0.39 is 0 Å². The predicted octanol–water partition coefficient (Wildman–Crippen LogP) is 4.16. The average molecular weight is 297 g/mol. The molecule has 0 amide bonds. The summed E-state index contributed by atoms with van der Waals surface area (Å²) < 4.78 is 0. The highest BCUT2D eigenvalue weighted by molar-refractivity contribution is 5.80. The molecule has 0 fully saturated rings. The van der Waals surface area contributed by atoms with Gasteiger partial charge in [0.1, 0.15) is 11.9 Å². The van der Waals surface area contributed by atoms with Gasteiger partial charge < -0.3 is 4.90 Å². The maximum Gasteiger partial charge on any atom is 0.146 e. The van der Waals surface area contributed by atoms with Gasteiger partial charge in [-0.05, 0) is 34.4 Å². The summed E-state index contributed by atoms with van der Waals surface area (Å²) in [6, 6.07) is 22.8. The van der Waals surface area contributed by atoms with Crippen LogP contribution in [0.15, 0.2) is 66.9 Å². The summed E-state index contributed by atoms with van der Waals surface area (Å²) in [5.74, 6) is 0.714. The molecule has 0 spiro atoms. The number of nitriles is 1. The lowest BCUT2D eigenvalue weighted by atomic mass is 10.0. The highest BCUT2D eigenvalue weighted by Gasteiger charge is 2.32. The van der Waals surface area contributed by atoms with Crippen LogP contribution in [-0.2, 0) is 0 Å². The van der Waals surface area contributed by atoms with Crippen LogP contribution in [0, 0.1) is 11.3 Å². The third kappa shape index (κ3) is 2.00. The highest BCUT2D eigenvalue weighted by Crippen LogP contribution is 2.46. The topological polar surface area (TPSA) is 39.9 Å². The van der Waals surface area contributed by atoms with Crippen LogP contribution in [-0.4, -0.2) is 12.0 Å². The number of hydrogen-bond acceptors (Lipinski definition) is 3. The van der Waals surface area contributed by atoms with E-state index in [2.05, 4.69) is 64.5 Å². The van der Waals surface area contributed by atoms with Gasteiger partial charge in [0.15, 0.2) is 0 Å². The van der Waals surface area contributed by atoms with E-state index in [0.29, 0.717) is 11.4 Å². The lowest BCUT2D eigenvalue weighted by molar-refractivity contribution is 0.786. The Balaban J connectivity index is 1.91. The molecule has 1 aliphatic rings. The van der Waals surface area contributed by atoms with Crippen LogP contribution in [0.4, 0.5) is 5.82 Å². The van der Waals surface area contributed by atoms with Crippen molar-refractivity contribution in [2.45, 2.75) is 6.04 Å². The van der Waals surface area contributed by atoms with Gasteiger partial charge in [-0.25, -0.2) is 4.98 Å². The van der Waals surface area contributed by atoms with Crippen molar-refractivity contribution in [3.63, 3.8) is 0 Å². The number of anilines is 1. The van der Waals surface area contributed by atoms with Crippen molar-refractivity contribution in [3.8, 4) is 17.2 Å². The molecule has 1 aromatic heterocycles. The largest absolute Gasteiger partial charge is 0.347 e. The first-order valence-corrected chi connectivity index (χ1v) is 7.57. The van der Waals surface area contributed by atoms with Crippen molar-refractivity contribution in [2.24, 2.45) is 0 Å². The zero-order valence-electron chi connectivity index (χ0n) is 12.8. The third-order valence-electron chi connectivity index (χ3n) is 4.43. The molecule has 0 atom stereocenters. The summed E-state index contributed by atoms with van der Waals surface area (Å²) in [4.78, 5) is 6.54. The Labute approximate surface area is 135 Å². The molecule has 0 N–H and O–H groups in total. The normalized spacial score (nSPS) is 12.3. The molecule has 0 radical (unpaired) electrons. The number of aromatic nitrogens is 1. The number of pyridine rings is 1. The van der Waals surface area contributed by atoms with Crippen molar-refractivity contribution >= 4 is 5.82 Å². The number of hydrogen-bond donors (Lipinski definition) is 0. The first-order chi connectivity index (χ1) is 11.3. The highest BCUT2D eigenvalue weighted by atomic mass is 15.2. The van der Waals surface area contributed by atoms with E-state index in [-0.39, 0.29) is 6.04 Å². The van der Waals surface area contributed by atoms with Gasteiger partial charge in [0.25, 0.3) is 0 Å². The smallest absolute Gasteiger partial charge is 0.146 e. The van der Waals surface area contributed by atoms with Crippen LogP contribution >= 0.6 is 0 Å². The second-order valence-corrected chi connectivity index (χ2v) is 5.67. The quantitative estimate of drug-likeness (QED) is 0.713. The molecule has 2 aromatic carbocycles.